The van der Waals surface area contributed by atoms with Crippen LogP contribution in [0, 0.1) is 5.41 Å². The first-order valence-corrected chi connectivity index (χ1v) is 10.2. The molecule has 0 amide bonds. The second-order valence-corrected chi connectivity index (χ2v) is 8.96. The smallest absolute Gasteiger partial charge is 0.212 e. The van der Waals surface area contributed by atoms with Gasteiger partial charge in [-0.15, -0.1) is 0 Å². The maximum Gasteiger partial charge on any atom is 0.212 e. The minimum Gasteiger partial charge on any atom is -0.481 e. The van der Waals surface area contributed by atoms with E-state index in [0.29, 0.717) is 18.0 Å². The maximum atomic E-state index is 11.6. The molecule has 0 unspecified atom stereocenters. The summed E-state index contributed by atoms with van der Waals surface area (Å²) < 4.78 is 5.12. The van der Waals surface area contributed by atoms with Crippen LogP contribution in [-0.4, -0.2) is 40.5 Å². The molecule has 0 atom stereocenters. The molecule has 0 bridgehead atoms. The van der Waals surface area contributed by atoms with Crippen molar-refractivity contribution in [1.82, 2.24) is 20.1 Å². The molecule has 6 nitrogen and oxygen atoms in total. The van der Waals surface area contributed by atoms with Crippen LogP contribution in [0.3, 0.4) is 0 Å². The number of aromatic nitrogens is 3. The Labute approximate surface area is 177 Å². The van der Waals surface area contributed by atoms with E-state index in [-0.39, 0.29) is 5.41 Å². The van der Waals surface area contributed by atoms with Crippen LogP contribution < -0.4 is 4.74 Å². The van der Waals surface area contributed by atoms with Crippen molar-refractivity contribution >= 4 is 6.29 Å². The van der Waals surface area contributed by atoms with Crippen molar-refractivity contribution in [3.05, 3.63) is 64.5 Å². The fourth-order valence-electron chi connectivity index (χ4n) is 4.28. The van der Waals surface area contributed by atoms with Crippen LogP contribution >= 0.6 is 0 Å². The molecule has 2 aromatic heterocycles. The molecule has 0 radical (unpaired) electrons. The van der Waals surface area contributed by atoms with Crippen molar-refractivity contribution in [3.8, 4) is 17.1 Å². The van der Waals surface area contributed by atoms with Gasteiger partial charge < -0.3 is 4.74 Å². The Morgan fingerprint density at radius 2 is 2.03 bits per heavy atom. The molecular weight excluding hydrogens is 376 g/mol. The van der Waals surface area contributed by atoms with Gasteiger partial charge in [-0.1, -0.05) is 32.0 Å². The molecule has 2 heterocycles. The van der Waals surface area contributed by atoms with Gasteiger partial charge in [-0.25, -0.2) is 4.98 Å². The second-order valence-electron chi connectivity index (χ2n) is 8.96. The van der Waals surface area contributed by atoms with Gasteiger partial charge in [-0.3, -0.25) is 14.8 Å². The number of nitrogens with zero attached hydrogens (tertiary/aromatic N) is 3. The molecule has 1 aliphatic rings. The summed E-state index contributed by atoms with van der Waals surface area (Å²) in [7, 11) is 3.65. The molecule has 3 aromatic rings. The fourth-order valence-corrected chi connectivity index (χ4v) is 4.28. The summed E-state index contributed by atoms with van der Waals surface area (Å²) >= 11 is 0. The van der Waals surface area contributed by atoms with Crippen molar-refractivity contribution in [1.29, 1.82) is 0 Å². The number of hydrogen-bond donors (Lipinski definition) is 1. The Hall–Kier alpha value is -2.99. The largest absolute Gasteiger partial charge is 0.481 e. The number of H-pyrrole nitrogens is 1. The summed E-state index contributed by atoms with van der Waals surface area (Å²) in [6.07, 6.45) is 4.79. The summed E-state index contributed by atoms with van der Waals surface area (Å²) in [4.78, 5) is 18.1. The van der Waals surface area contributed by atoms with E-state index >= 15 is 0 Å². The number of aldehydes is 1. The summed E-state index contributed by atoms with van der Waals surface area (Å²) in [5.74, 6) is 0.604. The molecular formula is C24H28N4O2. The lowest BCUT2D eigenvalue weighted by atomic mass is 9.89. The van der Waals surface area contributed by atoms with Gasteiger partial charge >= 0.3 is 0 Å². The van der Waals surface area contributed by atoms with Crippen molar-refractivity contribution < 1.29 is 9.53 Å². The second kappa shape index (κ2) is 8.03. The Bertz CT molecular complexity index is 1050. The first-order valence-electron chi connectivity index (χ1n) is 10.2. The fraction of sp³-hybridized carbons (Fsp3) is 0.375. The molecule has 1 N–H and O–H groups in total. The number of ether oxygens (including phenoxy) is 1. The van der Waals surface area contributed by atoms with Gasteiger partial charge in [0.05, 0.1) is 12.8 Å². The predicted octanol–water partition coefficient (Wildman–Crippen LogP) is 4.05. The van der Waals surface area contributed by atoms with E-state index in [9.17, 15) is 4.79 Å². The van der Waals surface area contributed by atoms with E-state index in [4.69, 9.17) is 4.74 Å². The molecule has 0 spiro atoms. The number of nitrogens with one attached hydrogen (secondary N) is 1. The Morgan fingerprint density at radius 3 is 2.73 bits per heavy atom. The van der Waals surface area contributed by atoms with Gasteiger partial charge in [0.1, 0.15) is 6.29 Å². The van der Waals surface area contributed by atoms with Gasteiger partial charge in [0.25, 0.3) is 0 Å². The van der Waals surface area contributed by atoms with Crippen LogP contribution in [0.4, 0.5) is 0 Å². The highest BCUT2D eigenvalue weighted by Crippen LogP contribution is 2.40. The summed E-state index contributed by atoms with van der Waals surface area (Å²) in [6.45, 7) is 5.96. The molecule has 0 aliphatic heterocycles. The first kappa shape index (κ1) is 20.3. The Balaban J connectivity index is 1.56. The third-order valence-electron chi connectivity index (χ3n) is 5.71. The number of aromatic amines is 1. The number of methoxy groups -OCH3 is 1. The van der Waals surface area contributed by atoms with Gasteiger partial charge in [-0.2, -0.15) is 5.10 Å². The van der Waals surface area contributed by atoms with E-state index < -0.39 is 0 Å². The molecule has 0 saturated carbocycles. The van der Waals surface area contributed by atoms with E-state index in [2.05, 4.69) is 40.0 Å². The van der Waals surface area contributed by atoms with Crippen molar-refractivity contribution in [3.63, 3.8) is 0 Å². The van der Waals surface area contributed by atoms with E-state index in [1.165, 1.54) is 11.3 Å². The molecule has 1 aliphatic carbocycles. The lowest BCUT2D eigenvalue weighted by Gasteiger charge is -2.19. The minimum absolute atomic E-state index is 0.261. The van der Waals surface area contributed by atoms with Crippen LogP contribution in [0.5, 0.6) is 5.88 Å². The zero-order valence-electron chi connectivity index (χ0n) is 18.0. The molecule has 0 saturated heterocycles. The molecule has 6 heteroatoms. The zero-order valence-corrected chi connectivity index (χ0v) is 18.0. The first-order chi connectivity index (χ1) is 14.4. The summed E-state index contributed by atoms with van der Waals surface area (Å²) in [5.41, 5.74) is 7.68. The van der Waals surface area contributed by atoms with Crippen molar-refractivity contribution in [2.45, 2.75) is 39.8 Å². The van der Waals surface area contributed by atoms with Crippen molar-refractivity contribution in [2.24, 2.45) is 5.41 Å². The normalized spacial score (nSPS) is 14.7. The SMILES string of the molecule is COc1ccc(CN(C)Cc2cc(-c3n[nH]c4c3CC(C)(C)C4)ccc2C=O)cn1. The lowest BCUT2D eigenvalue weighted by molar-refractivity contribution is 0.112. The third kappa shape index (κ3) is 4.14. The number of pyridine rings is 1. The average molecular weight is 405 g/mol. The number of carbonyl (C=O) groups is 1. The highest BCUT2D eigenvalue weighted by Gasteiger charge is 2.32. The predicted molar refractivity (Wildman–Crippen MR) is 117 cm³/mol. The minimum atomic E-state index is 0.261. The van der Waals surface area contributed by atoms with Crippen LogP contribution in [0.1, 0.15) is 46.6 Å². The van der Waals surface area contributed by atoms with Gasteiger partial charge in [0, 0.05) is 47.7 Å². The Kier molecular flexibility index (Phi) is 5.43. The maximum absolute atomic E-state index is 11.6. The van der Waals surface area contributed by atoms with Crippen LogP contribution in [0.25, 0.3) is 11.3 Å². The van der Waals surface area contributed by atoms with Gasteiger partial charge in [-0.05, 0) is 42.5 Å². The third-order valence-corrected chi connectivity index (χ3v) is 5.71. The molecule has 0 fully saturated rings. The topological polar surface area (TPSA) is 71.1 Å². The summed E-state index contributed by atoms with van der Waals surface area (Å²) in [6, 6.07) is 9.88. The van der Waals surface area contributed by atoms with E-state index in [1.807, 2.05) is 37.5 Å². The van der Waals surface area contributed by atoms with E-state index in [0.717, 1.165) is 48.1 Å². The molecule has 30 heavy (non-hydrogen) atoms. The number of fused-ring (bicyclic) bond motifs is 1. The quantitative estimate of drug-likeness (QED) is 0.602. The summed E-state index contributed by atoms with van der Waals surface area (Å²) in [5, 5.41) is 7.81. The highest BCUT2D eigenvalue weighted by molar-refractivity contribution is 5.80. The molecule has 156 valence electrons. The average Bonchev–Trinajstić information content (AvgIpc) is 3.23. The van der Waals surface area contributed by atoms with Crippen LogP contribution in [0.15, 0.2) is 36.5 Å². The number of benzene rings is 1. The molecule has 1 aromatic carbocycles. The lowest BCUT2D eigenvalue weighted by Crippen LogP contribution is -2.18. The van der Waals surface area contributed by atoms with E-state index in [1.54, 1.807) is 7.11 Å². The van der Waals surface area contributed by atoms with Crippen molar-refractivity contribution in [2.75, 3.05) is 14.2 Å². The standard InChI is InChI=1S/C24H28N4O2/c1-24(2)10-20-21(11-24)26-27-23(20)17-6-7-18(15-29)19(9-17)14-28(3)13-16-5-8-22(30-4)25-12-16/h5-9,12,15H,10-11,13-14H2,1-4H3,(H,26,27). The number of rotatable bonds is 7. The zero-order chi connectivity index (χ0) is 21.3. The van der Waals surface area contributed by atoms with Gasteiger partial charge in [0.2, 0.25) is 5.88 Å². The monoisotopic (exact) mass is 404 g/mol. The molecule has 4 rings (SSSR count). The highest BCUT2D eigenvalue weighted by atomic mass is 16.5. The number of carbonyl (C=O) groups excluding carboxylic acids is 1. The number of hydrogen-bond acceptors (Lipinski definition) is 5. The van der Waals surface area contributed by atoms with Crippen LogP contribution in [0.2, 0.25) is 0 Å². The van der Waals surface area contributed by atoms with Crippen LogP contribution in [-0.2, 0) is 25.9 Å². The Morgan fingerprint density at radius 1 is 1.20 bits per heavy atom. The van der Waals surface area contributed by atoms with Gasteiger partial charge in [0.15, 0.2) is 0 Å².